The summed E-state index contributed by atoms with van der Waals surface area (Å²) in [7, 11) is 0. The number of hydrogen-bond donors (Lipinski definition) is 1. The molecule has 18 heavy (non-hydrogen) atoms. The average molecular weight is 245 g/mol. The Bertz CT molecular complexity index is 514. The van der Waals surface area contributed by atoms with E-state index in [0.717, 1.165) is 35.6 Å². The highest BCUT2D eigenvalue weighted by atomic mass is 16.3. The zero-order valence-corrected chi connectivity index (χ0v) is 11.1. The van der Waals surface area contributed by atoms with E-state index in [-0.39, 0.29) is 0 Å². The molecule has 2 rings (SSSR count). The molecular weight excluding hydrogens is 226 g/mol. The lowest BCUT2D eigenvalue weighted by molar-refractivity contribution is 0.199. The fourth-order valence-electron chi connectivity index (χ4n) is 1.87. The Labute approximate surface area is 107 Å². The van der Waals surface area contributed by atoms with E-state index in [9.17, 15) is 5.11 Å². The van der Waals surface area contributed by atoms with Gasteiger partial charge in [-0.25, -0.2) is 9.67 Å². The van der Waals surface area contributed by atoms with Crippen LogP contribution in [0.15, 0.2) is 24.4 Å². The first-order valence-electron chi connectivity index (χ1n) is 6.37. The molecule has 4 heteroatoms. The number of aromatic nitrogens is 3. The maximum absolute atomic E-state index is 9.47. The molecule has 0 unspecified atom stereocenters. The standard InChI is InChI=1S/C14H19N3O/c1-4-12-8-13(5-2)17(16-12)14-7-6-11(9-15-14)10(3)18/h6-10,18H,4-5H2,1-3H3/t10-/m0/s1. The fourth-order valence-corrected chi connectivity index (χ4v) is 1.87. The summed E-state index contributed by atoms with van der Waals surface area (Å²) in [6, 6.07) is 5.90. The minimum Gasteiger partial charge on any atom is -0.389 e. The predicted molar refractivity (Wildman–Crippen MR) is 70.7 cm³/mol. The van der Waals surface area contributed by atoms with Gasteiger partial charge in [0.2, 0.25) is 0 Å². The molecule has 2 aromatic rings. The SMILES string of the molecule is CCc1cc(CC)n(-c2ccc([C@H](C)O)cn2)n1. The van der Waals surface area contributed by atoms with E-state index in [2.05, 4.69) is 30.0 Å². The highest BCUT2D eigenvalue weighted by Gasteiger charge is 2.09. The number of aliphatic hydroxyl groups is 1. The quantitative estimate of drug-likeness (QED) is 0.900. The molecule has 1 N–H and O–H groups in total. The molecule has 0 aliphatic carbocycles. The lowest BCUT2D eigenvalue weighted by Crippen LogP contribution is -2.04. The maximum Gasteiger partial charge on any atom is 0.153 e. The molecule has 96 valence electrons. The molecule has 0 fully saturated rings. The van der Waals surface area contributed by atoms with Crippen LogP contribution in [0.2, 0.25) is 0 Å². The number of hydrogen-bond acceptors (Lipinski definition) is 3. The highest BCUT2D eigenvalue weighted by Crippen LogP contribution is 2.15. The molecule has 0 aliphatic heterocycles. The Morgan fingerprint density at radius 1 is 1.28 bits per heavy atom. The van der Waals surface area contributed by atoms with Crippen LogP contribution in [0.3, 0.4) is 0 Å². The van der Waals surface area contributed by atoms with E-state index in [1.165, 1.54) is 0 Å². The lowest BCUT2D eigenvalue weighted by atomic mass is 10.2. The molecule has 0 radical (unpaired) electrons. The van der Waals surface area contributed by atoms with Crippen LogP contribution in [0.5, 0.6) is 0 Å². The second kappa shape index (κ2) is 5.31. The molecule has 1 atom stereocenters. The summed E-state index contributed by atoms with van der Waals surface area (Å²) in [6.07, 6.45) is 3.06. The van der Waals surface area contributed by atoms with Crippen molar-refractivity contribution in [2.75, 3.05) is 0 Å². The molecule has 0 spiro atoms. The molecule has 4 nitrogen and oxygen atoms in total. The number of aryl methyl sites for hydroxylation is 2. The van der Waals surface area contributed by atoms with Crippen LogP contribution in [0.1, 0.15) is 43.8 Å². The van der Waals surface area contributed by atoms with E-state index in [0.29, 0.717) is 0 Å². The van der Waals surface area contributed by atoms with Crippen molar-refractivity contribution in [2.45, 2.75) is 39.7 Å². The van der Waals surface area contributed by atoms with Crippen molar-refractivity contribution in [1.82, 2.24) is 14.8 Å². The Balaban J connectivity index is 2.38. The third-order valence-corrected chi connectivity index (χ3v) is 3.03. The summed E-state index contributed by atoms with van der Waals surface area (Å²) in [5.74, 6) is 0.802. The van der Waals surface area contributed by atoms with Crippen molar-refractivity contribution in [3.63, 3.8) is 0 Å². The van der Waals surface area contributed by atoms with Crippen LogP contribution >= 0.6 is 0 Å². The molecule has 0 amide bonds. The lowest BCUT2D eigenvalue weighted by Gasteiger charge is -2.07. The average Bonchev–Trinajstić information content (AvgIpc) is 2.82. The minimum atomic E-state index is -0.485. The van der Waals surface area contributed by atoms with Crippen LogP contribution in [-0.2, 0) is 12.8 Å². The summed E-state index contributed by atoms with van der Waals surface area (Å²) >= 11 is 0. The zero-order valence-electron chi connectivity index (χ0n) is 11.1. The van der Waals surface area contributed by atoms with Crippen LogP contribution in [0.25, 0.3) is 5.82 Å². The largest absolute Gasteiger partial charge is 0.389 e. The third-order valence-electron chi connectivity index (χ3n) is 3.03. The van der Waals surface area contributed by atoms with Gasteiger partial charge in [0.15, 0.2) is 5.82 Å². The molecule has 0 aromatic carbocycles. The van der Waals surface area contributed by atoms with Gasteiger partial charge in [0.1, 0.15) is 0 Å². The Morgan fingerprint density at radius 2 is 2.06 bits per heavy atom. The minimum absolute atomic E-state index is 0.485. The van der Waals surface area contributed by atoms with Crippen molar-refractivity contribution in [3.8, 4) is 5.82 Å². The van der Waals surface area contributed by atoms with Crippen LogP contribution in [-0.4, -0.2) is 19.9 Å². The van der Waals surface area contributed by atoms with Crippen molar-refractivity contribution in [3.05, 3.63) is 41.3 Å². The van der Waals surface area contributed by atoms with Crippen LogP contribution in [0, 0.1) is 0 Å². The van der Waals surface area contributed by atoms with Crippen molar-refractivity contribution in [2.24, 2.45) is 0 Å². The van der Waals surface area contributed by atoms with E-state index in [1.807, 2.05) is 16.8 Å². The van der Waals surface area contributed by atoms with Crippen molar-refractivity contribution in [1.29, 1.82) is 0 Å². The number of pyridine rings is 1. The van der Waals surface area contributed by atoms with Gasteiger partial charge in [0, 0.05) is 11.9 Å². The van der Waals surface area contributed by atoms with Gasteiger partial charge < -0.3 is 5.11 Å². The van der Waals surface area contributed by atoms with Crippen LogP contribution < -0.4 is 0 Å². The third kappa shape index (κ3) is 2.43. The fraction of sp³-hybridized carbons (Fsp3) is 0.429. The van der Waals surface area contributed by atoms with Gasteiger partial charge in [0.25, 0.3) is 0 Å². The Hall–Kier alpha value is -1.68. The normalized spacial score (nSPS) is 12.7. The van der Waals surface area contributed by atoms with Gasteiger partial charge >= 0.3 is 0 Å². The van der Waals surface area contributed by atoms with Gasteiger partial charge in [-0.3, -0.25) is 0 Å². The molecule has 0 saturated carbocycles. The summed E-state index contributed by atoms with van der Waals surface area (Å²) in [5.41, 5.74) is 3.05. The number of rotatable bonds is 4. The van der Waals surface area contributed by atoms with Gasteiger partial charge in [-0.2, -0.15) is 5.10 Å². The van der Waals surface area contributed by atoms with Gasteiger partial charge in [0.05, 0.1) is 11.8 Å². The van der Waals surface area contributed by atoms with E-state index >= 15 is 0 Å². The predicted octanol–water partition coefficient (Wildman–Crippen LogP) is 2.45. The monoisotopic (exact) mass is 245 g/mol. The van der Waals surface area contributed by atoms with E-state index in [4.69, 9.17) is 0 Å². The molecule has 0 bridgehead atoms. The van der Waals surface area contributed by atoms with E-state index in [1.54, 1.807) is 13.1 Å². The van der Waals surface area contributed by atoms with Gasteiger partial charge in [-0.05, 0) is 37.5 Å². The molecule has 2 aromatic heterocycles. The Morgan fingerprint density at radius 3 is 2.56 bits per heavy atom. The van der Waals surface area contributed by atoms with E-state index < -0.39 is 6.10 Å². The first-order valence-corrected chi connectivity index (χ1v) is 6.37. The number of aliphatic hydroxyl groups excluding tert-OH is 1. The topological polar surface area (TPSA) is 50.9 Å². The second-order valence-electron chi connectivity index (χ2n) is 4.37. The second-order valence-corrected chi connectivity index (χ2v) is 4.37. The first-order chi connectivity index (χ1) is 8.65. The van der Waals surface area contributed by atoms with Crippen LogP contribution in [0.4, 0.5) is 0 Å². The Kier molecular flexibility index (Phi) is 3.77. The molecule has 0 aliphatic rings. The van der Waals surface area contributed by atoms with Gasteiger partial charge in [-0.15, -0.1) is 0 Å². The van der Waals surface area contributed by atoms with Crippen molar-refractivity contribution >= 4 is 0 Å². The molecule has 0 saturated heterocycles. The number of nitrogens with zero attached hydrogens (tertiary/aromatic N) is 3. The first kappa shape index (κ1) is 12.8. The highest BCUT2D eigenvalue weighted by molar-refractivity contribution is 5.29. The van der Waals surface area contributed by atoms with Crippen molar-refractivity contribution < 1.29 is 5.11 Å². The summed E-state index contributed by atoms with van der Waals surface area (Å²) in [5, 5.41) is 14.0. The molecule has 2 heterocycles. The summed E-state index contributed by atoms with van der Waals surface area (Å²) < 4.78 is 1.88. The van der Waals surface area contributed by atoms with Gasteiger partial charge in [-0.1, -0.05) is 19.9 Å². The zero-order chi connectivity index (χ0) is 13.1. The smallest absolute Gasteiger partial charge is 0.153 e. The summed E-state index contributed by atoms with van der Waals surface area (Å²) in [6.45, 7) is 5.93. The summed E-state index contributed by atoms with van der Waals surface area (Å²) in [4.78, 5) is 4.37. The molecular formula is C14H19N3O. The maximum atomic E-state index is 9.47.